The van der Waals surface area contributed by atoms with E-state index in [0.29, 0.717) is 42.2 Å². The van der Waals surface area contributed by atoms with Crippen molar-refractivity contribution in [1.29, 1.82) is 0 Å². The first-order valence-corrected chi connectivity index (χ1v) is 13.3. The van der Waals surface area contributed by atoms with E-state index < -0.39 is 5.91 Å². The summed E-state index contributed by atoms with van der Waals surface area (Å²) in [5, 5.41) is 5.47. The molecule has 6 nitrogen and oxygen atoms in total. The second kappa shape index (κ2) is 12.3. The van der Waals surface area contributed by atoms with Crippen LogP contribution in [0.25, 0.3) is 5.69 Å². The van der Waals surface area contributed by atoms with Crippen LogP contribution in [-0.4, -0.2) is 23.8 Å². The van der Waals surface area contributed by atoms with Crippen molar-refractivity contribution in [3.05, 3.63) is 108 Å². The van der Waals surface area contributed by atoms with Crippen molar-refractivity contribution < 1.29 is 14.3 Å². The van der Waals surface area contributed by atoms with Gasteiger partial charge in [0.25, 0.3) is 5.91 Å². The Balaban J connectivity index is 1.45. The summed E-state index contributed by atoms with van der Waals surface area (Å²) in [5.41, 5.74) is 7.33. The Morgan fingerprint density at radius 1 is 1.00 bits per heavy atom. The number of amides is 1. The van der Waals surface area contributed by atoms with E-state index in [4.69, 9.17) is 44.3 Å². The summed E-state index contributed by atoms with van der Waals surface area (Å²) in [6.07, 6.45) is 1.50. The van der Waals surface area contributed by atoms with Crippen molar-refractivity contribution in [3.8, 4) is 17.2 Å². The van der Waals surface area contributed by atoms with Crippen molar-refractivity contribution in [2.24, 2.45) is 5.10 Å². The zero-order valence-corrected chi connectivity index (χ0v) is 24.5. The van der Waals surface area contributed by atoms with E-state index in [9.17, 15) is 4.79 Å². The number of aromatic nitrogens is 1. The lowest BCUT2D eigenvalue weighted by molar-refractivity contribution is 0.0955. The lowest BCUT2D eigenvalue weighted by atomic mass is 10.2. The highest BCUT2D eigenvalue weighted by Crippen LogP contribution is 2.37. The number of nitrogens with one attached hydrogen (secondary N) is 1. The Kier molecular flexibility index (Phi) is 9.05. The summed E-state index contributed by atoms with van der Waals surface area (Å²) in [6, 6.07) is 18.1. The van der Waals surface area contributed by atoms with Crippen molar-refractivity contribution in [1.82, 2.24) is 9.99 Å². The smallest absolute Gasteiger partial charge is 0.272 e. The van der Waals surface area contributed by atoms with Crippen molar-refractivity contribution in [2.75, 3.05) is 7.11 Å². The molecule has 0 atom stereocenters. The van der Waals surface area contributed by atoms with Gasteiger partial charge in [-0.05, 0) is 89.9 Å². The van der Waals surface area contributed by atoms with Crippen LogP contribution in [0.4, 0.5) is 0 Å². The molecular formula is C28H23BrCl3N3O3. The number of hydrazone groups is 1. The molecule has 4 rings (SSSR count). The first-order valence-electron chi connectivity index (χ1n) is 11.4. The number of methoxy groups -OCH3 is 1. The SMILES string of the molecule is COc1cc(/C=N\NC(=O)c2ccc(-n3c(C)ccc3C)cc2Cl)cc(Br)c1OCc1ccc(Cl)cc1Cl. The monoisotopic (exact) mass is 633 g/mol. The zero-order chi connectivity index (χ0) is 27.4. The average Bonchev–Trinajstić information content (AvgIpc) is 3.21. The highest BCUT2D eigenvalue weighted by Gasteiger charge is 2.14. The van der Waals surface area contributed by atoms with E-state index in [-0.39, 0.29) is 6.61 Å². The minimum absolute atomic E-state index is 0.220. The van der Waals surface area contributed by atoms with E-state index in [2.05, 4.69) is 31.0 Å². The molecule has 196 valence electrons. The van der Waals surface area contributed by atoms with Gasteiger partial charge in [0, 0.05) is 32.7 Å². The van der Waals surface area contributed by atoms with Crippen LogP contribution in [0.1, 0.15) is 32.9 Å². The zero-order valence-electron chi connectivity index (χ0n) is 20.7. The number of nitrogens with zero attached hydrogens (tertiary/aromatic N) is 2. The third kappa shape index (κ3) is 6.35. The topological polar surface area (TPSA) is 64.8 Å². The van der Waals surface area contributed by atoms with Crippen LogP contribution >= 0.6 is 50.7 Å². The summed E-state index contributed by atoms with van der Waals surface area (Å²) in [4.78, 5) is 12.7. The maximum absolute atomic E-state index is 12.7. The van der Waals surface area contributed by atoms with Gasteiger partial charge in [-0.2, -0.15) is 5.10 Å². The van der Waals surface area contributed by atoms with E-state index in [1.807, 2.05) is 32.0 Å². The molecule has 0 spiro atoms. The van der Waals surface area contributed by atoms with E-state index in [1.54, 1.807) is 42.5 Å². The molecule has 0 aliphatic heterocycles. The highest BCUT2D eigenvalue weighted by atomic mass is 79.9. The third-order valence-electron chi connectivity index (χ3n) is 5.75. The number of carbonyl (C=O) groups is 1. The van der Waals surface area contributed by atoms with Crippen LogP contribution in [0.15, 0.2) is 70.2 Å². The Morgan fingerprint density at radius 2 is 1.74 bits per heavy atom. The number of hydrogen-bond donors (Lipinski definition) is 1. The van der Waals surface area contributed by atoms with Gasteiger partial charge in [0.2, 0.25) is 0 Å². The molecule has 0 fully saturated rings. The summed E-state index contributed by atoms with van der Waals surface area (Å²) in [6.45, 7) is 4.24. The molecule has 0 unspecified atom stereocenters. The minimum atomic E-state index is -0.426. The number of halogens is 4. The van der Waals surface area contributed by atoms with Gasteiger partial charge < -0.3 is 14.0 Å². The van der Waals surface area contributed by atoms with Gasteiger partial charge in [-0.15, -0.1) is 0 Å². The van der Waals surface area contributed by atoms with Crippen molar-refractivity contribution in [2.45, 2.75) is 20.5 Å². The first kappa shape index (κ1) is 28.0. The standard InChI is InChI=1S/C28H23BrCl3N3O3/c1-16-4-5-17(2)35(16)21-8-9-22(25(32)13-21)28(36)34-33-14-18-10-23(29)27(26(11-18)37-3)38-15-19-6-7-20(30)12-24(19)31/h4-14H,15H2,1-3H3,(H,34,36)/b33-14-. The number of benzene rings is 3. The van der Waals surface area contributed by atoms with Crippen LogP contribution in [-0.2, 0) is 6.61 Å². The predicted molar refractivity (Wildman–Crippen MR) is 157 cm³/mol. The van der Waals surface area contributed by atoms with Crippen LogP contribution in [0.3, 0.4) is 0 Å². The molecule has 38 heavy (non-hydrogen) atoms. The van der Waals surface area contributed by atoms with Gasteiger partial charge >= 0.3 is 0 Å². The number of ether oxygens (including phenoxy) is 2. The molecule has 3 aromatic carbocycles. The van der Waals surface area contributed by atoms with Gasteiger partial charge in [-0.3, -0.25) is 4.79 Å². The highest BCUT2D eigenvalue weighted by molar-refractivity contribution is 9.10. The normalized spacial score (nSPS) is 11.1. The molecule has 1 aromatic heterocycles. The predicted octanol–water partition coefficient (Wildman–Crippen LogP) is 8.17. The molecule has 1 amide bonds. The molecule has 1 heterocycles. The van der Waals surface area contributed by atoms with Gasteiger partial charge in [-0.25, -0.2) is 5.43 Å². The van der Waals surface area contributed by atoms with Crippen LogP contribution < -0.4 is 14.9 Å². The second-order valence-corrected chi connectivity index (χ2v) is 10.5. The fourth-order valence-corrected chi connectivity index (χ4v) is 5.17. The maximum Gasteiger partial charge on any atom is 0.272 e. The van der Waals surface area contributed by atoms with E-state index in [0.717, 1.165) is 22.6 Å². The molecular weight excluding hydrogens is 613 g/mol. The molecule has 1 N–H and O–H groups in total. The first-order chi connectivity index (χ1) is 18.2. The molecule has 4 aromatic rings. The van der Waals surface area contributed by atoms with Gasteiger partial charge in [0.05, 0.1) is 28.4 Å². The van der Waals surface area contributed by atoms with Crippen LogP contribution in [0.5, 0.6) is 11.5 Å². The molecule has 0 aliphatic rings. The molecule has 0 radical (unpaired) electrons. The average molecular weight is 636 g/mol. The second-order valence-electron chi connectivity index (χ2n) is 8.37. The number of aryl methyl sites for hydroxylation is 2. The van der Waals surface area contributed by atoms with E-state index in [1.165, 1.54) is 13.3 Å². The number of rotatable bonds is 8. The van der Waals surface area contributed by atoms with Crippen molar-refractivity contribution >= 4 is 62.9 Å². The number of hydrogen-bond acceptors (Lipinski definition) is 4. The third-order valence-corrected chi connectivity index (χ3v) is 7.23. The maximum atomic E-state index is 12.7. The Morgan fingerprint density at radius 3 is 2.39 bits per heavy atom. The van der Waals surface area contributed by atoms with Gasteiger partial charge in [-0.1, -0.05) is 40.9 Å². The Bertz CT molecular complexity index is 1520. The number of carbonyl (C=O) groups excluding carboxylic acids is 1. The fourth-order valence-electron chi connectivity index (χ4n) is 3.87. The minimum Gasteiger partial charge on any atom is -0.493 e. The lowest BCUT2D eigenvalue weighted by Crippen LogP contribution is -2.18. The van der Waals surface area contributed by atoms with Crippen molar-refractivity contribution in [3.63, 3.8) is 0 Å². The van der Waals surface area contributed by atoms with Crippen LogP contribution in [0, 0.1) is 13.8 Å². The fraction of sp³-hybridized carbons (Fsp3) is 0.143. The molecule has 0 saturated carbocycles. The lowest BCUT2D eigenvalue weighted by Gasteiger charge is -2.14. The molecule has 10 heteroatoms. The summed E-state index contributed by atoms with van der Waals surface area (Å²) < 4.78 is 14.2. The van der Waals surface area contributed by atoms with E-state index >= 15 is 0 Å². The summed E-state index contributed by atoms with van der Waals surface area (Å²) >= 11 is 22.2. The van der Waals surface area contributed by atoms with Gasteiger partial charge in [0.15, 0.2) is 11.5 Å². The molecule has 0 saturated heterocycles. The summed E-state index contributed by atoms with van der Waals surface area (Å²) in [7, 11) is 1.54. The largest absolute Gasteiger partial charge is 0.493 e. The quantitative estimate of drug-likeness (QED) is 0.157. The Hall–Kier alpha value is -2.97. The Labute approximate surface area is 244 Å². The molecule has 0 aliphatic carbocycles. The van der Waals surface area contributed by atoms with Gasteiger partial charge in [0.1, 0.15) is 6.61 Å². The summed E-state index contributed by atoms with van der Waals surface area (Å²) in [5.74, 6) is 0.552. The van der Waals surface area contributed by atoms with Crippen LogP contribution in [0.2, 0.25) is 15.1 Å². The molecule has 0 bridgehead atoms.